The predicted octanol–water partition coefficient (Wildman–Crippen LogP) is 3.06. The summed E-state index contributed by atoms with van der Waals surface area (Å²) >= 11 is 0. The van der Waals surface area contributed by atoms with E-state index < -0.39 is 6.04 Å². The van der Waals surface area contributed by atoms with Crippen LogP contribution in [-0.4, -0.2) is 39.5 Å². The molecule has 0 aliphatic rings. The Morgan fingerprint density at radius 2 is 1.83 bits per heavy atom. The van der Waals surface area contributed by atoms with E-state index in [2.05, 4.69) is 20.9 Å². The fourth-order valence-electron chi connectivity index (χ4n) is 2.96. The molecule has 0 spiro atoms. The lowest BCUT2D eigenvalue weighted by atomic mass is 10.0. The van der Waals surface area contributed by atoms with Crippen molar-refractivity contribution in [2.24, 2.45) is 5.92 Å². The van der Waals surface area contributed by atoms with E-state index in [4.69, 9.17) is 4.74 Å². The maximum atomic E-state index is 13.0. The molecule has 3 aromatic rings. The molecule has 0 saturated carbocycles. The normalized spacial score (nSPS) is 11.7. The molecule has 0 saturated heterocycles. The summed E-state index contributed by atoms with van der Waals surface area (Å²) < 4.78 is 6.97. The van der Waals surface area contributed by atoms with Crippen molar-refractivity contribution in [3.8, 4) is 11.4 Å². The molecule has 2 N–H and O–H groups in total. The highest BCUT2D eigenvalue weighted by Crippen LogP contribution is 2.20. The van der Waals surface area contributed by atoms with Gasteiger partial charge in [-0.25, -0.2) is 4.68 Å². The number of anilines is 1. The number of benzene rings is 2. The molecule has 0 aliphatic heterocycles. The van der Waals surface area contributed by atoms with E-state index in [-0.39, 0.29) is 17.7 Å². The number of ether oxygens (including phenoxy) is 1. The monoisotopic (exact) mass is 407 g/mol. The third-order valence-corrected chi connectivity index (χ3v) is 4.49. The molecule has 2 amide bonds. The van der Waals surface area contributed by atoms with Crippen molar-refractivity contribution in [2.45, 2.75) is 26.8 Å². The van der Waals surface area contributed by atoms with Gasteiger partial charge in [0.05, 0.1) is 30.4 Å². The average molecular weight is 407 g/mol. The summed E-state index contributed by atoms with van der Waals surface area (Å²) in [7, 11) is 0. The summed E-state index contributed by atoms with van der Waals surface area (Å²) in [6.45, 7) is 6.21. The molecule has 0 fully saturated rings. The Morgan fingerprint density at radius 1 is 1.10 bits per heavy atom. The molecule has 2 aromatic carbocycles. The van der Waals surface area contributed by atoms with Gasteiger partial charge in [0.2, 0.25) is 5.91 Å². The highest BCUT2D eigenvalue weighted by atomic mass is 16.5. The Balaban J connectivity index is 1.74. The van der Waals surface area contributed by atoms with Crippen molar-refractivity contribution in [2.75, 3.05) is 11.9 Å². The maximum absolute atomic E-state index is 13.0. The molecular weight excluding hydrogens is 382 g/mol. The van der Waals surface area contributed by atoms with Crippen molar-refractivity contribution in [3.05, 3.63) is 66.5 Å². The molecule has 1 heterocycles. The van der Waals surface area contributed by atoms with Crippen LogP contribution in [0.3, 0.4) is 0 Å². The van der Waals surface area contributed by atoms with Crippen LogP contribution in [0.25, 0.3) is 5.69 Å². The van der Waals surface area contributed by atoms with Gasteiger partial charge in [-0.1, -0.05) is 31.2 Å². The Bertz CT molecular complexity index is 984. The van der Waals surface area contributed by atoms with Crippen LogP contribution in [0.4, 0.5) is 5.69 Å². The van der Waals surface area contributed by atoms with Crippen molar-refractivity contribution in [1.82, 2.24) is 20.3 Å². The van der Waals surface area contributed by atoms with E-state index in [0.717, 1.165) is 0 Å². The molecule has 0 radical (unpaired) electrons. The molecule has 3 rings (SSSR count). The van der Waals surface area contributed by atoms with Crippen LogP contribution in [0.2, 0.25) is 0 Å². The van der Waals surface area contributed by atoms with Gasteiger partial charge in [-0.3, -0.25) is 9.59 Å². The molecule has 1 aromatic heterocycles. The number of para-hydroxylation sites is 2. The van der Waals surface area contributed by atoms with E-state index in [9.17, 15) is 9.59 Å². The Hall–Kier alpha value is -3.68. The van der Waals surface area contributed by atoms with Gasteiger partial charge in [-0.2, -0.15) is 0 Å². The van der Waals surface area contributed by atoms with Crippen molar-refractivity contribution in [1.29, 1.82) is 0 Å². The molecule has 0 aliphatic carbocycles. The van der Waals surface area contributed by atoms with Gasteiger partial charge in [-0.05, 0) is 49.2 Å². The van der Waals surface area contributed by atoms with Crippen LogP contribution in [0.5, 0.6) is 5.75 Å². The number of carbonyl (C=O) groups is 2. The first-order valence-electron chi connectivity index (χ1n) is 9.80. The van der Waals surface area contributed by atoms with Crippen molar-refractivity contribution in [3.63, 3.8) is 0 Å². The van der Waals surface area contributed by atoms with Crippen LogP contribution in [-0.2, 0) is 4.79 Å². The first kappa shape index (κ1) is 21.0. The minimum atomic E-state index is -0.715. The van der Waals surface area contributed by atoms with Crippen molar-refractivity contribution < 1.29 is 14.3 Å². The van der Waals surface area contributed by atoms with Crippen LogP contribution < -0.4 is 15.4 Å². The average Bonchev–Trinajstić information content (AvgIpc) is 3.27. The van der Waals surface area contributed by atoms with Crippen LogP contribution in [0, 0.1) is 5.92 Å². The van der Waals surface area contributed by atoms with Crippen LogP contribution >= 0.6 is 0 Å². The zero-order chi connectivity index (χ0) is 21.5. The van der Waals surface area contributed by atoms with E-state index in [0.29, 0.717) is 29.3 Å². The van der Waals surface area contributed by atoms with Gasteiger partial charge in [0, 0.05) is 5.56 Å². The zero-order valence-corrected chi connectivity index (χ0v) is 17.2. The lowest BCUT2D eigenvalue weighted by molar-refractivity contribution is -0.118. The van der Waals surface area contributed by atoms with Gasteiger partial charge in [0.15, 0.2) is 0 Å². The van der Waals surface area contributed by atoms with E-state index in [1.165, 1.54) is 0 Å². The first-order chi connectivity index (χ1) is 14.5. The van der Waals surface area contributed by atoms with Gasteiger partial charge >= 0.3 is 0 Å². The van der Waals surface area contributed by atoms with Crippen molar-refractivity contribution >= 4 is 17.5 Å². The van der Waals surface area contributed by atoms with Gasteiger partial charge in [0.1, 0.15) is 11.8 Å². The maximum Gasteiger partial charge on any atom is 0.251 e. The lowest BCUT2D eigenvalue weighted by Crippen LogP contribution is -2.47. The Labute approximate surface area is 175 Å². The third kappa shape index (κ3) is 5.02. The van der Waals surface area contributed by atoms with Gasteiger partial charge in [-0.15, -0.1) is 5.10 Å². The summed E-state index contributed by atoms with van der Waals surface area (Å²) in [5.74, 6) is -0.0552. The second-order valence-corrected chi connectivity index (χ2v) is 7.01. The van der Waals surface area contributed by atoms with E-state index >= 15 is 0 Å². The molecular formula is C22H25N5O3. The second kappa shape index (κ2) is 9.69. The fraction of sp³-hybridized carbons (Fsp3) is 0.273. The zero-order valence-electron chi connectivity index (χ0n) is 17.2. The SMILES string of the molecule is CCOc1ccc(C(=O)NC(C(=O)Nc2ccccc2-n2ccnn2)C(C)C)cc1. The number of carbonyl (C=O) groups excluding carboxylic acids is 2. The summed E-state index contributed by atoms with van der Waals surface area (Å²) in [5.41, 5.74) is 1.72. The number of hydrogen-bond donors (Lipinski definition) is 2. The van der Waals surface area contributed by atoms with E-state index in [1.807, 2.05) is 39.0 Å². The highest BCUT2D eigenvalue weighted by molar-refractivity contribution is 6.02. The summed E-state index contributed by atoms with van der Waals surface area (Å²) in [6.07, 6.45) is 3.26. The Morgan fingerprint density at radius 3 is 2.47 bits per heavy atom. The predicted molar refractivity (Wildman–Crippen MR) is 114 cm³/mol. The number of nitrogens with one attached hydrogen (secondary N) is 2. The minimum Gasteiger partial charge on any atom is -0.494 e. The number of nitrogens with zero attached hydrogens (tertiary/aromatic N) is 3. The number of aromatic nitrogens is 3. The van der Waals surface area contributed by atoms with E-state index in [1.54, 1.807) is 47.4 Å². The standard InChI is InChI=1S/C22H25N5O3/c1-4-30-17-11-9-16(10-12-17)21(28)25-20(15(2)3)22(29)24-18-7-5-6-8-19(18)27-14-13-23-26-27/h5-15,20H,4H2,1-3H3,(H,24,29)(H,25,28). The molecule has 156 valence electrons. The smallest absolute Gasteiger partial charge is 0.251 e. The Kier molecular flexibility index (Phi) is 6.79. The molecule has 30 heavy (non-hydrogen) atoms. The van der Waals surface area contributed by atoms with Crippen LogP contribution in [0.15, 0.2) is 60.9 Å². The molecule has 8 heteroatoms. The van der Waals surface area contributed by atoms with Gasteiger partial charge in [0.25, 0.3) is 5.91 Å². The highest BCUT2D eigenvalue weighted by Gasteiger charge is 2.25. The van der Waals surface area contributed by atoms with Crippen LogP contribution in [0.1, 0.15) is 31.1 Å². The molecule has 1 atom stereocenters. The lowest BCUT2D eigenvalue weighted by Gasteiger charge is -2.22. The number of hydrogen-bond acceptors (Lipinski definition) is 5. The third-order valence-electron chi connectivity index (χ3n) is 4.49. The minimum absolute atomic E-state index is 0.116. The van der Waals surface area contributed by atoms with Gasteiger partial charge < -0.3 is 15.4 Å². The molecule has 1 unspecified atom stereocenters. The quantitative estimate of drug-likeness (QED) is 0.598. The largest absolute Gasteiger partial charge is 0.494 e. The first-order valence-corrected chi connectivity index (χ1v) is 9.80. The second-order valence-electron chi connectivity index (χ2n) is 7.01. The number of rotatable bonds is 8. The molecule has 8 nitrogen and oxygen atoms in total. The number of amides is 2. The summed E-state index contributed by atoms with van der Waals surface area (Å²) in [6, 6.07) is 13.4. The summed E-state index contributed by atoms with van der Waals surface area (Å²) in [5, 5.41) is 13.5. The fourth-order valence-corrected chi connectivity index (χ4v) is 2.96. The topological polar surface area (TPSA) is 98.1 Å². The summed E-state index contributed by atoms with van der Waals surface area (Å²) in [4.78, 5) is 25.7. The molecule has 0 bridgehead atoms.